The van der Waals surface area contributed by atoms with E-state index in [0.29, 0.717) is 38.5 Å². The Morgan fingerprint density at radius 1 is 1.12 bits per heavy atom. The number of hydrogen-bond donors (Lipinski definition) is 5. The molecule has 188 valence electrons. The van der Waals surface area contributed by atoms with Crippen molar-refractivity contribution in [3.05, 3.63) is 0 Å². The van der Waals surface area contributed by atoms with Gasteiger partial charge in [0.15, 0.2) is 5.96 Å². The molecule has 0 radical (unpaired) electrons. The van der Waals surface area contributed by atoms with Crippen molar-refractivity contribution in [3.8, 4) is 0 Å². The molecular weight excluding hydrogens is 434 g/mol. The highest BCUT2D eigenvalue weighted by Crippen LogP contribution is 2.09. The van der Waals surface area contributed by atoms with E-state index in [-0.39, 0.29) is 31.1 Å². The molecule has 12 nitrogen and oxygen atoms in total. The monoisotopic (exact) mass is 471 g/mol. The van der Waals surface area contributed by atoms with Gasteiger partial charge in [-0.05, 0) is 31.6 Å². The normalized spacial score (nSPS) is 13.3. The second-order valence-corrected chi connectivity index (χ2v) is 8.07. The number of nitrogens with zero attached hydrogens (tertiary/aromatic N) is 1. The summed E-state index contributed by atoms with van der Waals surface area (Å²) in [5.41, 5.74) is 10.5. The van der Waals surface area contributed by atoms with Crippen LogP contribution in [-0.2, 0) is 28.7 Å². The average Bonchev–Trinajstić information content (AvgIpc) is 2.72. The van der Waals surface area contributed by atoms with E-state index in [1.165, 1.54) is 0 Å². The minimum Gasteiger partial charge on any atom is -0.481 e. The fourth-order valence-corrected chi connectivity index (χ4v) is 2.87. The molecule has 0 bridgehead atoms. The van der Waals surface area contributed by atoms with Gasteiger partial charge in [-0.2, -0.15) is 0 Å². The smallest absolute Gasteiger partial charge is 0.307 e. The number of amides is 2. The summed E-state index contributed by atoms with van der Waals surface area (Å²) >= 11 is 0. The lowest BCUT2D eigenvalue weighted by Crippen LogP contribution is -2.50. The zero-order valence-electron chi connectivity index (χ0n) is 19.5. The van der Waals surface area contributed by atoms with Gasteiger partial charge < -0.3 is 36.7 Å². The number of carbonyl (C=O) groups is 5. The van der Waals surface area contributed by atoms with Crippen LogP contribution in [0.3, 0.4) is 0 Å². The molecule has 0 rings (SSSR count). The van der Waals surface area contributed by atoms with Gasteiger partial charge in [0.2, 0.25) is 11.8 Å². The topological polar surface area (TPSA) is 203 Å². The number of nitrogens with one attached hydrogen (secondary N) is 2. The first-order valence-corrected chi connectivity index (χ1v) is 11.0. The molecule has 0 aromatic rings. The minimum atomic E-state index is -1.08. The molecule has 0 fully saturated rings. The molecule has 0 heterocycles. The van der Waals surface area contributed by atoms with Crippen molar-refractivity contribution in [2.24, 2.45) is 22.4 Å². The van der Waals surface area contributed by atoms with Crippen LogP contribution in [0.4, 0.5) is 0 Å². The Balaban J connectivity index is 4.76. The molecule has 0 saturated heterocycles. The van der Waals surface area contributed by atoms with E-state index in [0.717, 1.165) is 0 Å². The van der Waals surface area contributed by atoms with Gasteiger partial charge in [0.1, 0.15) is 18.4 Å². The largest absolute Gasteiger partial charge is 0.481 e. The van der Waals surface area contributed by atoms with Gasteiger partial charge in [0, 0.05) is 13.0 Å². The van der Waals surface area contributed by atoms with E-state index in [4.69, 9.17) is 21.3 Å². The quantitative estimate of drug-likeness (QED) is 0.0627. The van der Waals surface area contributed by atoms with Crippen molar-refractivity contribution in [2.45, 2.75) is 83.9 Å². The highest BCUT2D eigenvalue weighted by Gasteiger charge is 2.25. The number of aliphatic carboxylic acids is 1. The predicted molar refractivity (Wildman–Crippen MR) is 121 cm³/mol. The standard InChI is InChI=1S/C21H37N5O7/c1-4-15(11-18(29)30)33-19(31)8-7-17(28)26-16(10-13(2)3)20(32)25-14(12-27)6-5-9-24-21(22)23/h12-16H,4-11H2,1-3H3,(H,25,32)(H,26,28)(H,29,30)(H4,22,23,24). The summed E-state index contributed by atoms with van der Waals surface area (Å²) < 4.78 is 5.06. The number of esters is 1. The van der Waals surface area contributed by atoms with Crippen LogP contribution in [0.25, 0.3) is 0 Å². The molecule has 12 heteroatoms. The van der Waals surface area contributed by atoms with Gasteiger partial charge in [-0.1, -0.05) is 20.8 Å². The van der Waals surface area contributed by atoms with Gasteiger partial charge in [-0.15, -0.1) is 0 Å². The number of hydrogen-bond acceptors (Lipinski definition) is 7. The van der Waals surface area contributed by atoms with Crippen LogP contribution < -0.4 is 22.1 Å². The Bertz CT molecular complexity index is 692. The van der Waals surface area contributed by atoms with Crippen molar-refractivity contribution in [3.63, 3.8) is 0 Å². The molecule has 3 atom stereocenters. The van der Waals surface area contributed by atoms with E-state index in [1.807, 2.05) is 13.8 Å². The molecule has 2 amide bonds. The Labute approximate surface area is 193 Å². The number of carboxylic acids is 1. The van der Waals surface area contributed by atoms with Gasteiger partial charge in [0.05, 0.1) is 18.9 Å². The summed E-state index contributed by atoms with van der Waals surface area (Å²) in [5.74, 6) is -2.80. The highest BCUT2D eigenvalue weighted by atomic mass is 16.5. The summed E-state index contributed by atoms with van der Waals surface area (Å²) in [5, 5.41) is 14.0. The van der Waals surface area contributed by atoms with E-state index < -0.39 is 41.9 Å². The molecule has 33 heavy (non-hydrogen) atoms. The molecule has 0 saturated carbocycles. The first-order valence-electron chi connectivity index (χ1n) is 11.0. The SMILES string of the molecule is CCC(CC(=O)O)OC(=O)CCC(=O)NC(CC(C)C)C(=O)NC(C=O)CCCN=C(N)N. The number of carbonyl (C=O) groups excluding carboxylic acids is 4. The number of carboxylic acid groups (broad SMARTS) is 1. The number of nitrogens with two attached hydrogens (primary N) is 2. The third-order valence-corrected chi connectivity index (χ3v) is 4.53. The maximum absolute atomic E-state index is 12.7. The molecule has 0 aromatic carbocycles. The van der Waals surface area contributed by atoms with Crippen molar-refractivity contribution in [2.75, 3.05) is 6.54 Å². The van der Waals surface area contributed by atoms with Crippen LogP contribution in [0.2, 0.25) is 0 Å². The molecule has 0 aromatic heterocycles. The number of ether oxygens (including phenoxy) is 1. The number of guanidine groups is 1. The van der Waals surface area contributed by atoms with Crippen molar-refractivity contribution < 1.29 is 33.8 Å². The fraction of sp³-hybridized carbons (Fsp3) is 0.714. The van der Waals surface area contributed by atoms with Gasteiger partial charge in [0.25, 0.3) is 0 Å². The van der Waals surface area contributed by atoms with E-state index >= 15 is 0 Å². The Hall–Kier alpha value is -3.18. The number of aliphatic imine (C=N–C) groups is 1. The van der Waals surface area contributed by atoms with Crippen LogP contribution in [0.15, 0.2) is 4.99 Å². The van der Waals surface area contributed by atoms with Crippen LogP contribution in [0.1, 0.15) is 65.7 Å². The Morgan fingerprint density at radius 3 is 2.30 bits per heavy atom. The fourth-order valence-electron chi connectivity index (χ4n) is 2.87. The summed E-state index contributed by atoms with van der Waals surface area (Å²) in [7, 11) is 0. The lowest BCUT2D eigenvalue weighted by molar-refractivity contribution is -0.154. The summed E-state index contributed by atoms with van der Waals surface area (Å²) in [6.07, 6.45) is 0.543. The lowest BCUT2D eigenvalue weighted by atomic mass is 10.0. The molecule has 0 spiro atoms. The van der Waals surface area contributed by atoms with E-state index in [9.17, 15) is 24.0 Å². The molecular formula is C21H37N5O7. The number of rotatable bonds is 17. The third-order valence-electron chi connectivity index (χ3n) is 4.53. The van der Waals surface area contributed by atoms with Crippen LogP contribution >= 0.6 is 0 Å². The predicted octanol–water partition coefficient (Wildman–Crippen LogP) is -0.169. The molecule has 0 aliphatic heterocycles. The average molecular weight is 472 g/mol. The first-order chi connectivity index (χ1) is 15.5. The van der Waals surface area contributed by atoms with Crippen LogP contribution in [0, 0.1) is 5.92 Å². The van der Waals surface area contributed by atoms with Crippen LogP contribution in [0.5, 0.6) is 0 Å². The van der Waals surface area contributed by atoms with Gasteiger partial charge in [-0.3, -0.25) is 24.2 Å². The summed E-state index contributed by atoms with van der Waals surface area (Å²) in [6.45, 7) is 5.76. The van der Waals surface area contributed by atoms with Crippen molar-refractivity contribution >= 4 is 36.0 Å². The van der Waals surface area contributed by atoms with Crippen molar-refractivity contribution in [1.29, 1.82) is 0 Å². The summed E-state index contributed by atoms with van der Waals surface area (Å²) in [4.78, 5) is 62.8. The molecule has 3 unspecified atom stereocenters. The van der Waals surface area contributed by atoms with Crippen molar-refractivity contribution in [1.82, 2.24) is 10.6 Å². The van der Waals surface area contributed by atoms with Gasteiger partial charge >= 0.3 is 11.9 Å². The number of aldehydes is 1. The second-order valence-electron chi connectivity index (χ2n) is 8.07. The minimum absolute atomic E-state index is 0.0580. The Morgan fingerprint density at radius 2 is 1.79 bits per heavy atom. The van der Waals surface area contributed by atoms with E-state index in [2.05, 4.69) is 15.6 Å². The van der Waals surface area contributed by atoms with E-state index in [1.54, 1.807) is 6.92 Å². The highest BCUT2D eigenvalue weighted by molar-refractivity contribution is 5.90. The second kappa shape index (κ2) is 16.5. The lowest BCUT2D eigenvalue weighted by Gasteiger charge is -2.22. The summed E-state index contributed by atoms with van der Waals surface area (Å²) in [6, 6.07) is -1.64. The molecule has 0 aliphatic rings. The molecule has 0 aliphatic carbocycles. The maximum Gasteiger partial charge on any atom is 0.307 e. The molecule has 7 N–H and O–H groups in total. The van der Waals surface area contributed by atoms with Gasteiger partial charge in [-0.25, -0.2) is 0 Å². The first kappa shape index (κ1) is 29.8. The van der Waals surface area contributed by atoms with Crippen LogP contribution in [-0.4, -0.2) is 65.8 Å². The zero-order valence-corrected chi connectivity index (χ0v) is 19.5. The maximum atomic E-state index is 12.7. The third kappa shape index (κ3) is 15.3. The zero-order chi connectivity index (χ0) is 25.4. The Kier molecular flexibility index (Phi) is 14.9.